The highest BCUT2D eigenvalue weighted by atomic mass is 16.6. The van der Waals surface area contributed by atoms with Crippen LogP contribution in [-0.4, -0.2) is 75.5 Å². The normalized spacial score (nSPS) is 13.5. The first-order chi connectivity index (χ1) is 25.1. The Bertz CT molecular complexity index is 995. The van der Waals surface area contributed by atoms with Crippen LogP contribution in [0.15, 0.2) is 48.6 Å². The molecule has 2 unspecified atom stereocenters. The molecule has 0 radical (unpaired) electrons. The Balaban J connectivity index is 4.19. The number of quaternary nitrogens is 1. The van der Waals surface area contributed by atoms with E-state index in [1.807, 2.05) is 6.08 Å². The highest BCUT2D eigenvalue weighted by Gasteiger charge is 2.25. The maximum atomic E-state index is 12.5. The number of allylic oxidation sites excluding steroid dienone is 8. The van der Waals surface area contributed by atoms with E-state index in [0.717, 1.165) is 51.4 Å². The number of hydrogen-bond acceptors (Lipinski definition) is 7. The molecule has 0 heterocycles. The first kappa shape index (κ1) is 49.3. The van der Waals surface area contributed by atoms with Crippen molar-refractivity contribution >= 4 is 17.9 Å². The molecule has 0 amide bonds. The number of likely N-dealkylation sites (N-methyl/N-ethyl adjacent to an activating group) is 1. The largest absolute Gasteiger partial charge is 0.544 e. The van der Waals surface area contributed by atoms with Gasteiger partial charge in [0.15, 0.2) is 6.10 Å². The Labute approximate surface area is 318 Å². The van der Waals surface area contributed by atoms with Crippen molar-refractivity contribution in [2.45, 2.75) is 174 Å². The van der Waals surface area contributed by atoms with Crippen molar-refractivity contribution in [3.05, 3.63) is 48.6 Å². The molecule has 0 aromatic carbocycles. The van der Waals surface area contributed by atoms with Crippen molar-refractivity contribution in [3.8, 4) is 0 Å². The van der Waals surface area contributed by atoms with Gasteiger partial charge in [-0.1, -0.05) is 133 Å². The van der Waals surface area contributed by atoms with Crippen molar-refractivity contribution in [3.63, 3.8) is 0 Å². The minimum Gasteiger partial charge on any atom is -0.544 e. The number of aliphatic carboxylic acids is 1. The van der Waals surface area contributed by atoms with Crippen molar-refractivity contribution in [2.75, 3.05) is 41.0 Å². The predicted octanol–water partition coefficient (Wildman–Crippen LogP) is 9.52. The smallest absolute Gasteiger partial charge is 0.306 e. The van der Waals surface area contributed by atoms with E-state index in [2.05, 4.69) is 56.4 Å². The Hall–Kier alpha value is -2.71. The van der Waals surface area contributed by atoms with Crippen molar-refractivity contribution in [2.24, 2.45) is 0 Å². The maximum Gasteiger partial charge on any atom is 0.306 e. The summed E-state index contributed by atoms with van der Waals surface area (Å²) in [6.07, 6.45) is 40.3. The van der Waals surface area contributed by atoms with Gasteiger partial charge in [-0.2, -0.15) is 0 Å². The molecule has 0 N–H and O–H groups in total. The van der Waals surface area contributed by atoms with E-state index in [1.54, 1.807) is 21.1 Å². The van der Waals surface area contributed by atoms with Gasteiger partial charge in [-0.15, -0.1) is 0 Å². The summed E-state index contributed by atoms with van der Waals surface area (Å²) in [5.41, 5.74) is 0. The molecule has 0 aliphatic carbocycles. The minimum atomic E-state index is -1.13. The summed E-state index contributed by atoms with van der Waals surface area (Å²) in [5.74, 6) is -1.81. The number of carbonyl (C=O) groups is 3. The van der Waals surface area contributed by atoms with Gasteiger partial charge in [0, 0.05) is 19.3 Å². The van der Waals surface area contributed by atoms with Gasteiger partial charge >= 0.3 is 11.9 Å². The maximum absolute atomic E-state index is 12.5. The molecule has 0 saturated heterocycles. The lowest BCUT2D eigenvalue weighted by molar-refractivity contribution is -0.889. The predicted molar refractivity (Wildman–Crippen MR) is 213 cm³/mol. The van der Waals surface area contributed by atoms with E-state index in [0.29, 0.717) is 12.8 Å². The summed E-state index contributed by atoms with van der Waals surface area (Å²) in [5, 5.41) is 11.6. The third kappa shape index (κ3) is 33.1. The molecule has 52 heavy (non-hydrogen) atoms. The quantitative estimate of drug-likeness (QED) is 0.0274. The van der Waals surface area contributed by atoms with Crippen LogP contribution in [0.25, 0.3) is 0 Å². The van der Waals surface area contributed by atoms with Crippen LogP contribution in [0.2, 0.25) is 0 Å². The zero-order valence-electron chi connectivity index (χ0n) is 34.0. The molecule has 0 aliphatic rings. The van der Waals surface area contributed by atoms with Gasteiger partial charge in [-0.3, -0.25) is 9.59 Å². The van der Waals surface area contributed by atoms with Crippen LogP contribution in [-0.2, 0) is 28.6 Å². The molecule has 0 aromatic rings. The van der Waals surface area contributed by atoms with E-state index in [4.69, 9.17) is 14.2 Å². The third-order valence-corrected chi connectivity index (χ3v) is 8.96. The average Bonchev–Trinajstić information content (AvgIpc) is 3.09. The molecule has 8 nitrogen and oxygen atoms in total. The van der Waals surface area contributed by atoms with Crippen molar-refractivity contribution in [1.82, 2.24) is 0 Å². The molecule has 0 fully saturated rings. The molecular formula is C44H77NO7. The topological polar surface area (TPSA) is 102 Å². The Morgan fingerprint density at radius 2 is 1.12 bits per heavy atom. The van der Waals surface area contributed by atoms with Crippen LogP contribution in [0, 0.1) is 0 Å². The number of nitrogens with zero attached hydrogens (tertiary/aromatic N) is 1. The van der Waals surface area contributed by atoms with E-state index in [9.17, 15) is 19.5 Å². The molecule has 0 saturated carbocycles. The number of carboxylic acid groups (broad SMARTS) is 1. The lowest BCUT2D eigenvalue weighted by Crippen LogP contribution is -2.55. The third-order valence-electron chi connectivity index (χ3n) is 8.96. The number of unbranched alkanes of at least 4 members (excludes halogenated alkanes) is 14. The second kappa shape index (κ2) is 35.3. The van der Waals surface area contributed by atoms with E-state index in [1.165, 1.54) is 70.6 Å². The van der Waals surface area contributed by atoms with Crippen molar-refractivity contribution < 1.29 is 38.2 Å². The summed E-state index contributed by atoms with van der Waals surface area (Å²) in [4.78, 5) is 36.5. The van der Waals surface area contributed by atoms with Crippen molar-refractivity contribution in [1.29, 1.82) is 0 Å². The summed E-state index contributed by atoms with van der Waals surface area (Å²) in [6, 6.07) is -0.730. The second-order valence-electron chi connectivity index (χ2n) is 14.8. The molecule has 0 aromatic heterocycles. The molecule has 0 bridgehead atoms. The van der Waals surface area contributed by atoms with E-state index < -0.39 is 18.1 Å². The average molecular weight is 732 g/mol. The molecule has 2 atom stereocenters. The van der Waals surface area contributed by atoms with Crippen LogP contribution in [0.3, 0.4) is 0 Å². The number of rotatable bonds is 36. The SMILES string of the molecule is CC/C=C/C/C=C/C/C=C/CCCCCCCCCCCCCC(=O)OCC(COCCC(C(=O)[O-])[N+](C)(C)C)OC(=O)CC/C=C/CCCCC. The van der Waals surface area contributed by atoms with Gasteiger partial charge in [0.25, 0.3) is 0 Å². The monoisotopic (exact) mass is 732 g/mol. The highest BCUT2D eigenvalue weighted by Crippen LogP contribution is 2.14. The highest BCUT2D eigenvalue weighted by molar-refractivity contribution is 5.70. The van der Waals surface area contributed by atoms with Crippen LogP contribution >= 0.6 is 0 Å². The fraction of sp³-hybridized carbons (Fsp3) is 0.750. The zero-order valence-corrected chi connectivity index (χ0v) is 34.0. The summed E-state index contributed by atoms with van der Waals surface area (Å²) in [6.45, 7) is 4.43. The molecule has 0 spiro atoms. The molecule has 300 valence electrons. The summed E-state index contributed by atoms with van der Waals surface area (Å²) in [7, 11) is 5.38. The molecular weight excluding hydrogens is 654 g/mol. The summed E-state index contributed by atoms with van der Waals surface area (Å²) < 4.78 is 17.0. The van der Waals surface area contributed by atoms with Gasteiger partial charge in [0.2, 0.25) is 0 Å². The lowest BCUT2D eigenvalue weighted by atomic mass is 10.0. The number of carbonyl (C=O) groups excluding carboxylic acids is 3. The fourth-order valence-corrected chi connectivity index (χ4v) is 5.75. The number of esters is 2. The second-order valence-corrected chi connectivity index (χ2v) is 14.8. The first-order valence-electron chi connectivity index (χ1n) is 20.7. The van der Waals surface area contributed by atoms with Crippen LogP contribution in [0.5, 0.6) is 0 Å². The number of ether oxygens (including phenoxy) is 3. The molecule has 0 rings (SSSR count). The van der Waals surface area contributed by atoms with Crippen LogP contribution in [0.1, 0.15) is 162 Å². The van der Waals surface area contributed by atoms with E-state index >= 15 is 0 Å². The fourth-order valence-electron chi connectivity index (χ4n) is 5.75. The van der Waals surface area contributed by atoms with Crippen LogP contribution < -0.4 is 5.11 Å². The number of carboxylic acids is 1. The van der Waals surface area contributed by atoms with Gasteiger partial charge in [-0.05, 0) is 57.8 Å². The Kier molecular flexibility index (Phi) is 33.5. The lowest BCUT2D eigenvalue weighted by Gasteiger charge is -2.34. The Morgan fingerprint density at radius 1 is 0.596 bits per heavy atom. The Morgan fingerprint density at radius 3 is 1.69 bits per heavy atom. The minimum absolute atomic E-state index is 0.0238. The van der Waals surface area contributed by atoms with Gasteiger partial charge in [0.1, 0.15) is 12.6 Å². The van der Waals surface area contributed by atoms with Gasteiger partial charge in [-0.25, -0.2) is 0 Å². The molecule has 0 aliphatic heterocycles. The van der Waals surface area contributed by atoms with Gasteiger partial charge in [0.05, 0.1) is 40.3 Å². The number of hydrogen-bond donors (Lipinski definition) is 0. The standard InChI is InChI=1S/C44H77NO7/c1-6-8-10-12-14-15-16-17-18-19-20-21-22-23-24-25-26-27-29-30-32-34-42(46)51-39-40(38-50-37-36-41(44(48)49)45(3,4)5)52-43(47)35-33-31-28-13-11-9-7-2/h8,10,14-15,17-18,28,31,40-41H,6-7,9,11-13,16,19-27,29-30,32-39H2,1-5H3/b10-8+,15-14+,18-17+,31-28+. The van der Waals surface area contributed by atoms with Crippen LogP contribution in [0.4, 0.5) is 0 Å². The first-order valence-corrected chi connectivity index (χ1v) is 20.7. The molecule has 8 heteroatoms. The van der Waals surface area contributed by atoms with Gasteiger partial charge < -0.3 is 28.6 Å². The zero-order chi connectivity index (χ0) is 38.5. The van der Waals surface area contributed by atoms with E-state index in [-0.39, 0.29) is 49.1 Å². The summed E-state index contributed by atoms with van der Waals surface area (Å²) >= 11 is 0.